The lowest BCUT2D eigenvalue weighted by Crippen LogP contribution is -2.60. The minimum atomic E-state index is -0.257. The smallest absolute Gasteiger partial charge is 0.315 e. The molecule has 4 N–H and O–H groups in total. The topological polar surface area (TPSA) is 70.4 Å². The number of urea groups is 1. The van der Waals surface area contributed by atoms with Crippen LogP contribution in [0.3, 0.4) is 0 Å². The van der Waals surface area contributed by atoms with Crippen molar-refractivity contribution in [1.82, 2.24) is 15.5 Å². The number of hydrogen-bond acceptors (Lipinski definition) is 3. The Balaban J connectivity index is 1.83. The van der Waals surface area contributed by atoms with E-state index in [1.165, 1.54) is 0 Å². The second-order valence-corrected chi connectivity index (χ2v) is 5.58. The van der Waals surface area contributed by atoms with Crippen LogP contribution in [0.4, 0.5) is 4.79 Å². The molecular formula is C15H24N4O. The highest BCUT2D eigenvalue weighted by molar-refractivity contribution is 5.74. The Morgan fingerprint density at radius 3 is 2.55 bits per heavy atom. The third kappa shape index (κ3) is 3.95. The van der Waals surface area contributed by atoms with Crippen molar-refractivity contribution in [3.05, 3.63) is 35.9 Å². The molecular weight excluding hydrogens is 252 g/mol. The molecule has 2 amide bonds. The van der Waals surface area contributed by atoms with Crippen LogP contribution < -0.4 is 16.4 Å². The van der Waals surface area contributed by atoms with E-state index in [4.69, 9.17) is 5.73 Å². The number of rotatable bonds is 4. The highest BCUT2D eigenvalue weighted by Crippen LogP contribution is 2.20. The van der Waals surface area contributed by atoms with Gasteiger partial charge in [-0.05, 0) is 25.5 Å². The Bertz CT molecular complexity index is 427. The zero-order valence-corrected chi connectivity index (χ0v) is 12.1. The standard InChI is InChI=1S/C15H24N4O/c1-19-9-7-15(12-16,8-10-19)18-14(20)17-11-13-5-3-2-4-6-13/h2-6H,7-12,16H2,1H3,(H2,17,18,20). The Labute approximate surface area is 120 Å². The summed E-state index contributed by atoms with van der Waals surface area (Å²) in [6.07, 6.45) is 1.80. The van der Waals surface area contributed by atoms with E-state index >= 15 is 0 Å². The molecule has 0 bridgehead atoms. The second-order valence-electron chi connectivity index (χ2n) is 5.58. The summed E-state index contributed by atoms with van der Waals surface area (Å²) in [7, 11) is 2.09. The Hall–Kier alpha value is -1.59. The lowest BCUT2D eigenvalue weighted by Gasteiger charge is -2.40. The van der Waals surface area contributed by atoms with Gasteiger partial charge in [-0.3, -0.25) is 0 Å². The first-order chi connectivity index (χ1) is 9.63. The SMILES string of the molecule is CN1CCC(CN)(NC(=O)NCc2ccccc2)CC1. The predicted octanol–water partition coefficient (Wildman–Crippen LogP) is 0.909. The zero-order valence-electron chi connectivity index (χ0n) is 12.1. The molecule has 0 atom stereocenters. The molecule has 20 heavy (non-hydrogen) atoms. The predicted molar refractivity (Wildman–Crippen MR) is 80.3 cm³/mol. The van der Waals surface area contributed by atoms with Gasteiger partial charge in [0.2, 0.25) is 0 Å². The maximum atomic E-state index is 12.0. The summed E-state index contributed by atoms with van der Waals surface area (Å²) in [6, 6.07) is 9.75. The van der Waals surface area contributed by atoms with Crippen LogP contribution in [0, 0.1) is 0 Å². The normalized spacial score (nSPS) is 18.5. The second kappa shape index (κ2) is 6.72. The third-order valence-corrected chi connectivity index (χ3v) is 4.01. The number of hydrogen-bond donors (Lipinski definition) is 3. The molecule has 5 nitrogen and oxygen atoms in total. The van der Waals surface area contributed by atoms with Gasteiger partial charge in [-0.25, -0.2) is 4.79 Å². The monoisotopic (exact) mass is 276 g/mol. The van der Waals surface area contributed by atoms with Crippen molar-refractivity contribution < 1.29 is 4.79 Å². The number of piperidine rings is 1. The first-order valence-electron chi connectivity index (χ1n) is 7.12. The fraction of sp³-hybridized carbons (Fsp3) is 0.533. The highest BCUT2D eigenvalue weighted by atomic mass is 16.2. The van der Waals surface area contributed by atoms with Crippen molar-refractivity contribution in [3.8, 4) is 0 Å². The quantitative estimate of drug-likeness (QED) is 0.765. The van der Waals surface area contributed by atoms with Crippen LogP contribution in [0.15, 0.2) is 30.3 Å². The van der Waals surface area contributed by atoms with Gasteiger partial charge in [0, 0.05) is 26.2 Å². The summed E-state index contributed by atoms with van der Waals surface area (Å²) < 4.78 is 0. The number of carbonyl (C=O) groups excluding carboxylic acids is 1. The van der Waals surface area contributed by atoms with Crippen molar-refractivity contribution in [3.63, 3.8) is 0 Å². The van der Waals surface area contributed by atoms with Gasteiger partial charge in [0.25, 0.3) is 0 Å². The molecule has 0 spiro atoms. The Kier molecular flexibility index (Phi) is 4.98. The van der Waals surface area contributed by atoms with Crippen LogP contribution >= 0.6 is 0 Å². The van der Waals surface area contributed by atoms with Crippen molar-refractivity contribution in [1.29, 1.82) is 0 Å². The average Bonchev–Trinajstić information content (AvgIpc) is 2.49. The van der Waals surface area contributed by atoms with Gasteiger partial charge in [0.05, 0.1) is 5.54 Å². The Morgan fingerprint density at radius 1 is 1.30 bits per heavy atom. The maximum absolute atomic E-state index is 12.0. The fourth-order valence-corrected chi connectivity index (χ4v) is 2.49. The van der Waals surface area contributed by atoms with Gasteiger partial charge < -0.3 is 21.3 Å². The number of carbonyl (C=O) groups is 1. The summed E-state index contributed by atoms with van der Waals surface area (Å²) in [6.45, 7) is 2.96. The molecule has 1 aromatic carbocycles. The molecule has 2 rings (SSSR count). The largest absolute Gasteiger partial charge is 0.334 e. The molecule has 1 aliphatic rings. The van der Waals surface area contributed by atoms with Crippen molar-refractivity contribution in [2.24, 2.45) is 5.73 Å². The molecule has 5 heteroatoms. The maximum Gasteiger partial charge on any atom is 0.315 e. The van der Waals surface area contributed by atoms with Crippen LogP contribution in [-0.4, -0.2) is 43.2 Å². The van der Waals surface area contributed by atoms with E-state index in [1.807, 2.05) is 30.3 Å². The molecule has 1 aromatic rings. The van der Waals surface area contributed by atoms with Crippen molar-refractivity contribution in [2.75, 3.05) is 26.7 Å². The van der Waals surface area contributed by atoms with Crippen LogP contribution in [0.2, 0.25) is 0 Å². The number of nitrogens with two attached hydrogens (primary N) is 1. The fourth-order valence-electron chi connectivity index (χ4n) is 2.49. The summed E-state index contributed by atoms with van der Waals surface area (Å²) in [4.78, 5) is 14.3. The van der Waals surface area contributed by atoms with E-state index in [2.05, 4.69) is 22.6 Å². The van der Waals surface area contributed by atoms with Crippen LogP contribution in [-0.2, 0) is 6.54 Å². The van der Waals surface area contributed by atoms with Crippen LogP contribution in [0.5, 0.6) is 0 Å². The number of likely N-dealkylation sites (tertiary alicyclic amines) is 1. The van der Waals surface area contributed by atoms with E-state index in [9.17, 15) is 4.79 Å². The van der Waals surface area contributed by atoms with Gasteiger partial charge >= 0.3 is 6.03 Å². The van der Waals surface area contributed by atoms with E-state index in [1.54, 1.807) is 0 Å². The number of benzene rings is 1. The van der Waals surface area contributed by atoms with Crippen LogP contribution in [0.1, 0.15) is 18.4 Å². The van der Waals surface area contributed by atoms with Gasteiger partial charge in [-0.1, -0.05) is 30.3 Å². The summed E-state index contributed by atoms with van der Waals surface area (Å²) >= 11 is 0. The number of nitrogens with zero attached hydrogens (tertiary/aromatic N) is 1. The first kappa shape index (κ1) is 14.8. The van der Waals surface area contributed by atoms with Crippen molar-refractivity contribution >= 4 is 6.03 Å². The molecule has 0 unspecified atom stereocenters. The Morgan fingerprint density at radius 2 is 1.95 bits per heavy atom. The molecule has 0 saturated carbocycles. The molecule has 0 aliphatic carbocycles. The molecule has 1 saturated heterocycles. The minimum absolute atomic E-state index is 0.135. The minimum Gasteiger partial charge on any atom is -0.334 e. The number of amides is 2. The van der Waals surface area contributed by atoms with E-state index in [0.717, 1.165) is 31.5 Å². The lowest BCUT2D eigenvalue weighted by atomic mass is 9.88. The van der Waals surface area contributed by atoms with Gasteiger partial charge in [0.15, 0.2) is 0 Å². The van der Waals surface area contributed by atoms with E-state index in [-0.39, 0.29) is 11.6 Å². The van der Waals surface area contributed by atoms with Crippen molar-refractivity contribution in [2.45, 2.75) is 24.9 Å². The zero-order chi connectivity index (χ0) is 14.4. The molecule has 1 heterocycles. The molecule has 1 fully saturated rings. The van der Waals surface area contributed by atoms with E-state index in [0.29, 0.717) is 13.1 Å². The summed E-state index contributed by atoms with van der Waals surface area (Å²) in [5.74, 6) is 0. The molecule has 0 radical (unpaired) electrons. The molecule has 1 aliphatic heterocycles. The van der Waals surface area contributed by atoms with E-state index < -0.39 is 0 Å². The number of nitrogens with one attached hydrogen (secondary N) is 2. The summed E-state index contributed by atoms with van der Waals surface area (Å²) in [5.41, 5.74) is 6.71. The highest BCUT2D eigenvalue weighted by Gasteiger charge is 2.33. The van der Waals surface area contributed by atoms with Gasteiger partial charge in [0.1, 0.15) is 0 Å². The van der Waals surface area contributed by atoms with Crippen LogP contribution in [0.25, 0.3) is 0 Å². The molecule has 0 aromatic heterocycles. The first-order valence-corrected chi connectivity index (χ1v) is 7.12. The lowest BCUT2D eigenvalue weighted by molar-refractivity contribution is 0.161. The third-order valence-electron chi connectivity index (χ3n) is 4.01. The molecule has 110 valence electrons. The average molecular weight is 276 g/mol. The van der Waals surface area contributed by atoms with Gasteiger partial charge in [-0.2, -0.15) is 0 Å². The van der Waals surface area contributed by atoms with Gasteiger partial charge in [-0.15, -0.1) is 0 Å². The summed E-state index contributed by atoms with van der Waals surface area (Å²) in [5, 5.41) is 5.97.